The fraction of sp³-hybridized carbons (Fsp3) is 0. The molecule has 0 fully saturated rings. The van der Waals surface area contributed by atoms with Crippen molar-refractivity contribution in [2.45, 2.75) is 0 Å². The van der Waals surface area contributed by atoms with E-state index < -0.39 is 8.07 Å². The summed E-state index contributed by atoms with van der Waals surface area (Å²) in [7, 11) is -2.72. The number of hydrogen-bond donors (Lipinski definition) is 0. The highest BCUT2D eigenvalue weighted by molar-refractivity contribution is 7.19. The van der Waals surface area contributed by atoms with E-state index in [4.69, 9.17) is 4.42 Å². The minimum atomic E-state index is -2.72. The Hall–Kier alpha value is -7.46. The van der Waals surface area contributed by atoms with E-state index in [2.05, 4.69) is 241 Å². The van der Waals surface area contributed by atoms with Crippen molar-refractivity contribution in [2.24, 2.45) is 0 Å². The Bertz CT molecular complexity index is 3150. The minimum absolute atomic E-state index is 0.857. The quantitative estimate of drug-likeness (QED) is 0.0869. The van der Waals surface area contributed by atoms with Gasteiger partial charge in [0, 0.05) is 27.7 Å². The van der Waals surface area contributed by atoms with Crippen LogP contribution in [0.4, 0.5) is 17.1 Å². The Kier molecular flexibility index (Phi) is 8.53. The maximum Gasteiger partial charge on any atom is 0.179 e. The molecule has 0 radical (unpaired) electrons. The number of anilines is 3. The molecular weight excluding hydrogens is 731 g/mol. The lowest BCUT2D eigenvalue weighted by Crippen LogP contribution is -2.74. The number of furan rings is 1. The predicted molar refractivity (Wildman–Crippen MR) is 252 cm³/mol. The summed E-state index contributed by atoms with van der Waals surface area (Å²) in [5.74, 6) is 0. The van der Waals surface area contributed by atoms with Crippen LogP contribution in [0.15, 0.2) is 241 Å². The zero-order valence-electron chi connectivity index (χ0n) is 32.4. The number of para-hydroxylation sites is 2. The van der Waals surface area contributed by atoms with Gasteiger partial charge in [-0.15, -0.1) is 0 Å². The number of fused-ring (bicyclic) bond motifs is 6. The molecule has 11 aromatic rings. The Morgan fingerprint density at radius 3 is 1.47 bits per heavy atom. The van der Waals surface area contributed by atoms with E-state index in [1.165, 1.54) is 42.3 Å². The van der Waals surface area contributed by atoms with E-state index in [0.29, 0.717) is 0 Å². The van der Waals surface area contributed by atoms with Crippen LogP contribution in [0.5, 0.6) is 0 Å². The van der Waals surface area contributed by atoms with Gasteiger partial charge >= 0.3 is 0 Å². The molecule has 0 aliphatic heterocycles. The monoisotopic (exact) mass is 769 g/mol. The second-order valence-corrected chi connectivity index (χ2v) is 19.0. The second kappa shape index (κ2) is 14.5. The normalized spacial score (nSPS) is 11.7. The third-order valence-electron chi connectivity index (χ3n) is 12.0. The number of nitrogens with zero attached hydrogens (tertiary/aromatic N) is 1. The van der Waals surface area contributed by atoms with E-state index in [9.17, 15) is 0 Å². The molecule has 0 N–H and O–H groups in total. The Labute approximate surface area is 344 Å². The molecule has 59 heavy (non-hydrogen) atoms. The highest BCUT2D eigenvalue weighted by atomic mass is 28.3. The number of rotatable bonds is 8. The van der Waals surface area contributed by atoms with Gasteiger partial charge in [-0.1, -0.05) is 206 Å². The van der Waals surface area contributed by atoms with E-state index in [1.807, 2.05) is 0 Å². The molecule has 278 valence electrons. The topological polar surface area (TPSA) is 16.4 Å². The summed E-state index contributed by atoms with van der Waals surface area (Å²) in [5, 5.41) is 12.5. The molecule has 10 aromatic carbocycles. The first-order valence-corrected chi connectivity index (χ1v) is 22.3. The molecule has 0 saturated heterocycles. The summed E-state index contributed by atoms with van der Waals surface area (Å²) in [5.41, 5.74) is 7.08. The Morgan fingerprint density at radius 2 is 0.814 bits per heavy atom. The van der Waals surface area contributed by atoms with Crippen LogP contribution in [0.1, 0.15) is 0 Å². The molecule has 0 atom stereocenters. The smallest absolute Gasteiger partial charge is 0.179 e. The van der Waals surface area contributed by atoms with Crippen molar-refractivity contribution in [1.82, 2.24) is 0 Å². The third kappa shape index (κ3) is 5.78. The fourth-order valence-electron chi connectivity index (χ4n) is 9.32. The standard InChI is InChI=1S/C56H39NOSi/c1-5-17-40(18-6-1)51-27-15-28-52-53-29-16-30-54(56(53)58-55(51)52)57(44-35-38-50-42(39-44)32-31-41-19-13-14-26-49(41)50)43-33-36-48(37-34-43)59(45-20-7-2-8-21-45,46-22-9-3-10-23-46)47-24-11-4-12-25-47/h1-39H. The molecule has 1 heterocycles. The van der Waals surface area contributed by atoms with Crippen LogP contribution in [0.25, 0.3) is 54.6 Å². The van der Waals surface area contributed by atoms with Crippen LogP contribution >= 0.6 is 0 Å². The van der Waals surface area contributed by atoms with Gasteiger partial charge in [-0.2, -0.15) is 0 Å². The molecule has 11 rings (SSSR count). The first kappa shape index (κ1) is 34.8. The lowest BCUT2D eigenvalue weighted by molar-refractivity contribution is 0.670. The van der Waals surface area contributed by atoms with Crippen molar-refractivity contribution in [2.75, 3.05) is 4.90 Å². The van der Waals surface area contributed by atoms with Gasteiger partial charge in [-0.25, -0.2) is 0 Å². The zero-order chi connectivity index (χ0) is 39.2. The molecule has 0 spiro atoms. The lowest BCUT2D eigenvalue weighted by Gasteiger charge is -2.35. The van der Waals surface area contributed by atoms with Gasteiger partial charge < -0.3 is 9.32 Å². The summed E-state index contributed by atoms with van der Waals surface area (Å²) in [6, 6.07) is 86.2. The summed E-state index contributed by atoms with van der Waals surface area (Å²) >= 11 is 0. The third-order valence-corrected chi connectivity index (χ3v) is 16.8. The maximum atomic E-state index is 7.05. The first-order valence-electron chi connectivity index (χ1n) is 20.3. The SMILES string of the molecule is c1ccc(-c2cccc3c2oc2c(N(c4ccc([Si](c5ccccc5)(c5ccccc5)c5ccccc5)cc4)c4ccc5c(ccc6ccccc65)c4)cccc23)cc1. The van der Waals surface area contributed by atoms with Gasteiger partial charge in [0.2, 0.25) is 0 Å². The van der Waals surface area contributed by atoms with Crippen molar-refractivity contribution in [3.05, 3.63) is 237 Å². The molecule has 0 unspecified atom stereocenters. The highest BCUT2D eigenvalue weighted by Crippen LogP contribution is 2.44. The first-order chi connectivity index (χ1) is 29.3. The average Bonchev–Trinajstić information content (AvgIpc) is 3.71. The minimum Gasteiger partial charge on any atom is -0.453 e. The average molecular weight is 770 g/mol. The van der Waals surface area contributed by atoms with Crippen molar-refractivity contribution in [3.8, 4) is 11.1 Å². The molecular formula is C56H39NOSi. The number of hydrogen-bond acceptors (Lipinski definition) is 2. The molecule has 3 heteroatoms. The van der Waals surface area contributed by atoms with Crippen molar-refractivity contribution >= 4 is 89.4 Å². The van der Waals surface area contributed by atoms with E-state index in [0.717, 1.165) is 50.1 Å². The predicted octanol–water partition coefficient (Wildman–Crippen LogP) is 12.4. The van der Waals surface area contributed by atoms with Crippen LogP contribution in [0.2, 0.25) is 0 Å². The van der Waals surface area contributed by atoms with Crippen LogP contribution in [0, 0.1) is 0 Å². The summed E-state index contributed by atoms with van der Waals surface area (Å²) < 4.78 is 7.05. The maximum absolute atomic E-state index is 7.05. The van der Waals surface area contributed by atoms with Gasteiger partial charge in [0.05, 0.1) is 5.69 Å². The van der Waals surface area contributed by atoms with Gasteiger partial charge in [0.25, 0.3) is 0 Å². The van der Waals surface area contributed by atoms with E-state index >= 15 is 0 Å². The summed E-state index contributed by atoms with van der Waals surface area (Å²) in [6.45, 7) is 0. The Balaban J connectivity index is 1.15. The number of benzene rings is 10. The summed E-state index contributed by atoms with van der Waals surface area (Å²) in [6.07, 6.45) is 0. The van der Waals surface area contributed by atoms with Gasteiger partial charge in [0.15, 0.2) is 13.7 Å². The molecule has 0 aliphatic rings. The summed E-state index contributed by atoms with van der Waals surface area (Å²) in [4.78, 5) is 2.38. The second-order valence-electron chi connectivity index (χ2n) is 15.2. The van der Waals surface area contributed by atoms with Gasteiger partial charge in [0.1, 0.15) is 5.58 Å². The van der Waals surface area contributed by atoms with Crippen LogP contribution in [-0.4, -0.2) is 8.07 Å². The molecule has 2 nitrogen and oxygen atoms in total. The van der Waals surface area contributed by atoms with Crippen LogP contribution in [-0.2, 0) is 0 Å². The molecule has 0 amide bonds. The molecule has 0 bridgehead atoms. The largest absolute Gasteiger partial charge is 0.453 e. The van der Waals surface area contributed by atoms with Crippen molar-refractivity contribution in [1.29, 1.82) is 0 Å². The van der Waals surface area contributed by atoms with Crippen molar-refractivity contribution in [3.63, 3.8) is 0 Å². The van der Waals surface area contributed by atoms with Gasteiger partial charge in [-0.05, 0) is 78.2 Å². The Morgan fingerprint density at radius 1 is 0.322 bits per heavy atom. The molecule has 0 aliphatic carbocycles. The fourth-order valence-corrected chi connectivity index (χ4v) is 14.1. The zero-order valence-corrected chi connectivity index (χ0v) is 33.4. The molecule has 0 saturated carbocycles. The molecule has 1 aromatic heterocycles. The van der Waals surface area contributed by atoms with Gasteiger partial charge in [-0.3, -0.25) is 0 Å². The lowest BCUT2D eigenvalue weighted by atomic mass is 10.0. The van der Waals surface area contributed by atoms with E-state index in [1.54, 1.807) is 0 Å². The van der Waals surface area contributed by atoms with E-state index in [-0.39, 0.29) is 0 Å². The highest BCUT2D eigenvalue weighted by Gasteiger charge is 2.41. The van der Waals surface area contributed by atoms with Crippen molar-refractivity contribution < 1.29 is 4.42 Å². The van der Waals surface area contributed by atoms with Crippen LogP contribution < -0.4 is 25.6 Å². The van der Waals surface area contributed by atoms with Crippen LogP contribution in [0.3, 0.4) is 0 Å².